The fourth-order valence-electron chi connectivity index (χ4n) is 3.02. The zero-order valence-electron chi connectivity index (χ0n) is 14.1. The van der Waals surface area contributed by atoms with E-state index >= 15 is 0 Å². The molecule has 1 heterocycles. The van der Waals surface area contributed by atoms with Gasteiger partial charge in [-0.25, -0.2) is 0 Å². The van der Waals surface area contributed by atoms with E-state index in [1.165, 1.54) is 11.1 Å². The smallest absolute Gasteiger partial charge is 0.241 e. The van der Waals surface area contributed by atoms with Crippen LogP contribution in [0, 0.1) is 19.8 Å². The van der Waals surface area contributed by atoms with E-state index in [1.807, 2.05) is 32.0 Å². The van der Waals surface area contributed by atoms with Crippen molar-refractivity contribution in [3.63, 3.8) is 0 Å². The molecular formula is C18H28N2O2. The first-order chi connectivity index (χ1) is 10.4. The zero-order valence-corrected chi connectivity index (χ0v) is 14.1. The van der Waals surface area contributed by atoms with Gasteiger partial charge in [0.15, 0.2) is 0 Å². The van der Waals surface area contributed by atoms with Crippen molar-refractivity contribution in [2.24, 2.45) is 5.92 Å². The summed E-state index contributed by atoms with van der Waals surface area (Å²) in [7, 11) is 0. The minimum absolute atomic E-state index is 0.0405. The topological polar surface area (TPSA) is 52.6 Å². The SMILES string of the molecule is Cc1ccc(NC(=O)C(C)N2CCC(C(C)O)CC2)cc1C. The van der Waals surface area contributed by atoms with Gasteiger partial charge < -0.3 is 10.4 Å². The number of amides is 1. The van der Waals surface area contributed by atoms with Gasteiger partial charge in [0, 0.05) is 5.69 Å². The number of aliphatic hydroxyl groups excluding tert-OH is 1. The van der Waals surface area contributed by atoms with Gasteiger partial charge in [-0.15, -0.1) is 0 Å². The Morgan fingerprint density at radius 2 is 1.86 bits per heavy atom. The minimum Gasteiger partial charge on any atom is -0.393 e. The molecule has 1 aliphatic rings. The molecule has 1 aliphatic heterocycles. The molecule has 4 heteroatoms. The monoisotopic (exact) mass is 304 g/mol. The van der Waals surface area contributed by atoms with Crippen LogP contribution >= 0.6 is 0 Å². The molecule has 1 fully saturated rings. The predicted molar refractivity (Wildman–Crippen MR) is 90.0 cm³/mol. The van der Waals surface area contributed by atoms with Crippen LogP contribution in [0.3, 0.4) is 0 Å². The number of nitrogens with one attached hydrogen (secondary N) is 1. The lowest BCUT2D eigenvalue weighted by molar-refractivity contribution is -0.121. The number of likely N-dealkylation sites (tertiary alicyclic amines) is 1. The number of nitrogens with zero attached hydrogens (tertiary/aromatic N) is 1. The molecule has 1 saturated heterocycles. The Morgan fingerprint density at radius 1 is 1.23 bits per heavy atom. The van der Waals surface area contributed by atoms with Crippen molar-refractivity contribution in [3.8, 4) is 0 Å². The highest BCUT2D eigenvalue weighted by Crippen LogP contribution is 2.22. The second-order valence-corrected chi connectivity index (χ2v) is 6.58. The van der Waals surface area contributed by atoms with Gasteiger partial charge in [-0.2, -0.15) is 0 Å². The first kappa shape index (κ1) is 17.0. The van der Waals surface area contributed by atoms with Gasteiger partial charge in [-0.3, -0.25) is 9.69 Å². The van der Waals surface area contributed by atoms with Gasteiger partial charge in [0.05, 0.1) is 12.1 Å². The van der Waals surface area contributed by atoms with E-state index in [1.54, 1.807) is 0 Å². The van der Waals surface area contributed by atoms with Crippen LogP contribution in [0.15, 0.2) is 18.2 Å². The number of rotatable bonds is 4. The van der Waals surface area contributed by atoms with Crippen LogP contribution in [0.1, 0.15) is 37.8 Å². The number of hydrogen-bond acceptors (Lipinski definition) is 3. The van der Waals surface area contributed by atoms with E-state index in [0.717, 1.165) is 31.6 Å². The van der Waals surface area contributed by atoms with Crippen molar-refractivity contribution < 1.29 is 9.90 Å². The van der Waals surface area contributed by atoms with E-state index < -0.39 is 0 Å². The molecule has 4 nitrogen and oxygen atoms in total. The Balaban J connectivity index is 1.91. The van der Waals surface area contributed by atoms with Crippen LogP contribution in [-0.4, -0.2) is 41.1 Å². The largest absolute Gasteiger partial charge is 0.393 e. The third-order valence-electron chi connectivity index (χ3n) is 4.96. The Bertz CT molecular complexity index is 520. The van der Waals surface area contributed by atoms with Gasteiger partial charge in [0.25, 0.3) is 0 Å². The Kier molecular flexibility index (Phi) is 5.59. The zero-order chi connectivity index (χ0) is 16.3. The summed E-state index contributed by atoms with van der Waals surface area (Å²) >= 11 is 0. The summed E-state index contributed by atoms with van der Waals surface area (Å²) in [5.41, 5.74) is 3.27. The van der Waals surface area contributed by atoms with E-state index in [4.69, 9.17) is 0 Å². The predicted octanol–water partition coefficient (Wildman–Crippen LogP) is 2.72. The summed E-state index contributed by atoms with van der Waals surface area (Å²) in [6.45, 7) is 9.68. The highest BCUT2D eigenvalue weighted by atomic mass is 16.3. The van der Waals surface area contributed by atoms with Gasteiger partial charge in [0.1, 0.15) is 0 Å². The van der Waals surface area contributed by atoms with E-state index in [9.17, 15) is 9.90 Å². The van der Waals surface area contributed by atoms with Crippen molar-refractivity contribution in [2.75, 3.05) is 18.4 Å². The normalized spacial score (nSPS) is 19.7. The number of aryl methyl sites for hydroxylation is 2. The Labute approximate surface area is 133 Å². The molecule has 2 unspecified atom stereocenters. The maximum absolute atomic E-state index is 12.4. The van der Waals surface area contributed by atoms with Crippen molar-refractivity contribution in [1.29, 1.82) is 0 Å². The standard InChI is InChI=1S/C18H28N2O2/c1-12-5-6-17(11-13(12)2)19-18(22)14(3)20-9-7-16(8-10-20)15(4)21/h5-6,11,14-16,21H,7-10H2,1-4H3,(H,19,22). The van der Waals surface area contributed by atoms with Crippen molar-refractivity contribution in [2.45, 2.75) is 52.7 Å². The third-order valence-corrected chi connectivity index (χ3v) is 4.96. The maximum Gasteiger partial charge on any atom is 0.241 e. The molecule has 1 aromatic carbocycles. The number of carbonyl (C=O) groups is 1. The Morgan fingerprint density at radius 3 is 2.41 bits per heavy atom. The average molecular weight is 304 g/mol. The first-order valence-corrected chi connectivity index (χ1v) is 8.18. The van der Waals surface area contributed by atoms with E-state index in [2.05, 4.69) is 24.1 Å². The molecule has 0 saturated carbocycles. The summed E-state index contributed by atoms with van der Waals surface area (Å²) in [5.74, 6) is 0.407. The number of hydrogen-bond donors (Lipinski definition) is 2. The van der Waals surface area contributed by atoms with Gasteiger partial charge in [-0.1, -0.05) is 6.07 Å². The number of aliphatic hydroxyl groups is 1. The molecule has 0 aromatic heterocycles. The minimum atomic E-state index is -0.248. The maximum atomic E-state index is 12.4. The lowest BCUT2D eigenvalue weighted by Crippen LogP contribution is -2.47. The van der Waals surface area contributed by atoms with Crippen LogP contribution in [0.4, 0.5) is 5.69 Å². The molecule has 1 aromatic rings. The number of anilines is 1. The molecule has 0 spiro atoms. The van der Waals surface area contributed by atoms with Crippen LogP contribution in [0.2, 0.25) is 0 Å². The lowest BCUT2D eigenvalue weighted by Gasteiger charge is -2.36. The average Bonchev–Trinajstić information content (AvgIpc) is 2.50. The highest BCUT2D eigenvalue weighted by Gasteiger charge is 2.28. The van der Waals surface area contributed by atoms with Gasteiger partial charge in [0.2, 0.25) is 5.91 Å². The molecule has 0 radical (unpaired) electrons. The molecule has 1 amide bonds. The fourth-order valence-corrected chi connectivity index (χ4v) is 3.02. The van der Waals surface area contributed by atoms with Crippen LogP contribution < -0.4 is 5.32 Å². The fraction of sp³-hybridized carbons (Fsp3) is 0.611. The van der Waals surface area contributed by atoms with Crippen molar-refractivity contribution in [1.82, 2.24) is 4.90 Å². The van der Waals surface area contributed by atoms with Crippen LogP contribution in [0.25, 0.3) is 0 Å². The first-order valence-electron chi connectivity index (χ1n) is 8.18. The summed E-state index contributed by atoms with van der Waals surface area (Å²) in [6, 6.07) is 5.85. The molecule has 22 heavy (non-hydrogen) atoms. The van der Waals surface area contributed by atoms with E-state index in [-0.39, 0.29) is 18.1 Å². The number of benzene rings is 1. The molecule has 122 valence electrons. The second kappa shape index (κ2) is 7.25. The second-order valence-electron chi connectivity index (χ2n) is 6.58. The third kappa shape index (κ3) is 4.08. The van der Waals surface area contributed by atoms with Crippen LogP contribution in [-0.2, 0) is 4.79 Å². The number of carbonyl (C=O) groups excluding carboxylic acids is 1. The molecule has 2 atom stereocenters. The number of piperidine rings is 1. The van der Waals surface area contributed by atoms with Crippen molar-refractivity contribution >= 4 is 11.6 Å². The van der Waals surface area contributed by atoms with Crippen molar-refractivity contribution in [3.05, 3.63) is 29.3 Å². The van der Waals surface area contributed by atoms with Gasteiger partial charge in [-0.05, 0) is 82.8 Å². The molecule has 0 aliphatic carbocycles. The van der Waals surface area contributed by atoms with E-state index in [0.29, 0.717) is 5.92 Å². The lowest BCUT2D eigenvalue weighted by atomic mass is 9.91. The Hall–Kier alpha value is -1.39. The summed E-state index contributed by atoms with van der Waals surface area (Å²) in [6.07, 6.45) is 1.67. The highest BCUT2D eigenvalue weighted by molar-refractivity contribution is 5.94. The molecular weight excluding hydrogens is 276 g/mol. The van der Waals surface area contributed by atoms with Gasteiger partial charge >= 0.3 is 0 Å². The summed E-state index contributed by atoms with van der Waals surface area (Å²) in [4.78, 5) is 14.6. The summed E-state index contributed by atoms with van der Waals surface area (Å²) in [5, 5.41) is 12.7. The summed E-state index contributed by atoms with van der Waals surface area (Å²) < 4.78 is 0. The molecule has 0 bridgehead atoms. The molecule has 2 N–H and O–H groups in total. The van der Waals surface area contributed by atoms with Crippen LogP contribution in [0.5, 0.6) is 0 Å². The quantitative estimate of drug-likeness (QED) is 0.899. The molecule has 2 rings (SSSR count).